The van der Waals surface area contributed by atoms with Crippen molar-refractivity contribution in [2.24, 2.45) is 11.5 Å². The fourth-order valence-corrected chi connectivity index (χ4v) is 3.55. The first-order valence-corrected chi connectivity index (χ1v) is 7.70. The zero-order valence-corrected chi connectivity index (χ0v) is 12.4. The Morgan fingerprint density at radius 3 is 2.62 bits per heavy atom. The Morgan fingerprint density at radius 1 is 1.10 bits per heavy atom. The number of fused-ring (bicyclic) bond motifs is 2. The molecule has 0 aromatic heterocycles. The molecule has 0 spiro atoms. The van der Waals surface area contributed by atoms with E-state index >= 15 is 0 Å². The summed E-state index contributed by atoms with van der Waals surface area (Å²) in [7, 11) is 0. The number of amides is 1. The molecule has 0 saturated carbocycles. The molecule has 0 aliphatic carbocycles. The van der Waals surface area contributed by atoms with Crippen LogP contribution in [0.1, 0.15) is 16.8 Å². The van der Waals surface area contributed by atoms with Gasteiger partial charge in [-0.25, -0.2) is 0 Å². The van der Waals surface area contributed by atoms with Gasteiger partial charge >= 0.3 is 0 Å². The first kappa shape index (κ1) is 14.0. The van der Waals surface area contributed by atoms with Crippen LogP contribution >= 0.6 is 11.8 Å². The third-order valence-electron chi connectivity index (χ3n) is 3.50. The van der Waals surface area contributed by atoms with E-state index in [0.29, 0.717) is 12.1 Å². The molecule has 0 bridgehead atoms. The quantitative estimate of drug-likeness (QED) is 0.910. The fraction of sp³-hybridized carbons (Fsp3) is 0.188. The first-order valence-electron chi connectivity index (χ1n) is 6.89. The average Bonchev–Trinajstić information content (AvgIpc) is 2.50. The maximum absolute atomic E-state index is 11.4. The van der Waals surface area contributed by atoms with Gasteiger partial charge < -0.3 is 16.4 Å². The molecule has 0 unspecified atom stereocenters. The van der Waals surface area contributed by atoms with E-state index in [2.05, 4.69) is 17.0 Å². The molecule has 5 heteroatoms. The van der Waals surface area contributed by atoms with Gasteiger partial charge in [-0.2, -0.15) is 0 Å². The van der Waals surface area contributed by atoms with Crippen LogP contribution in [0.3, 0.4) is 0 Å². The maximum atomic E-state index is 11.4. The molecule has 0 fully saturated rings. The summed E-state index contributed by atoms with van der Waals surface area (Å²) in [6, 6.07) is 13.9. The monoisotopic (exact) mass is 299 g/mol. The molecule has 0 saturated heterocycles. The van der Waals surface area contributed by atoms with Gasteiger partial charge in [-0.3, -0.25) is 4.79 Å². The van der Waals surface area contributed by atoms with E-state index in [9.17, 15) is 4.79 Å². The molecule has 2 aromatic carbocycles. The van der Waals surface area contributed by atoms with E-state index in [1.54, 1.807) is 17.8 Å². The van der Waals surface area contributed by atoms with Crippen molar-refractivity contribution in [3.8, 4) is 0 Å². The number of nitrogens with zero attached hydrogens (tertiary/aromatic N) is 1. The summed E-state index contributed by atoms with van der Waals surface area (Å²) in [5.41, 5.74) is 13.8. The topological polar surface area (TPSA) is 72.3 Å². The van der Waals surface area contributed by atoms with Gasteiger partial charge in [0.05, 0.1) is 11.4 Å². The number of carbonyl (C=O) groups excluding carboxylic acids is 1. The molecular weight excluding hydrogens is 282 g/mol. The second kappa shape index (κ2) is 5.79. The Hall–Kier alpha value is -1.98. The highest BCUT2D eigenvalue weighted by Crippen LogP contribution is 2.48. The molecule has 1 amide bonds. The first-order chi connectivity index (χ1) is 10.2. The van der Waals surface area contributed by atoms with Crippen molar-refractivity contribution in [3.63, 3.8) is 0 Å². The van der Waals surface area contributed by atoms with Gasteiger partial charge in [-0.1, -0.05) is 23.9 Å². The number of hydrogen-bond donors (Lipinski definition) is 2. The van der Waals surface area contributed by atoms with Crippen LogP contribution in [0.2, 0.25) is 0 Å². The van der Waals surface area contributed by atoms with Gasteiger partial charge in [0.1, 0.15) is 0 Å². The van der Waals surface area contributed by atoms with Crippen LogP contribution in [0.4, 0.5) is 11.4 Å². The van der Waals surface area contributed by atoms with Crippen molar-refractivity contribution in [1.29, 1.82) is 0 Å². The highest BCUT2D eigenvalue weighted by atomic mass is 32.2. The summed E-state index contributed by atoms with van der Waals surface area (Å²) in [6.45, 7) is 1.46. The van der Waals surface area contributed by atoms with Crippen molar-refractivity contribution in [1.82, 2.24) is 0 Å². The molecule has 1 aliphatic heterocycles. The number of primary amides is 1. The predicted molar refractivity (Wildman–Crippen MR) is 86.2 cm³/mol. The van der Waals surface area contributed by atoms with Crippen LogP contribution < -0.4 is 16.4 Å². The molecule has 4 N–H and O–H groups in total. The molecule has 21 heavy (non-hydrogen) atoms. The van der Waals surface area contributed by atoms with Crippen LogP contribution in [0.5, 0.6) is 0 Å². The molecule has 2 aromatic rings. The summed E-state index contributed by atoms with van der Waals surface area (Å²) in [5, 5.41) is 0. The number of hydrogen-bond acceptors (Lipinski definition) is 4. The van der Waals surface area contributed by atoms with E-state index in [-0.39, 0.29) is 0 Å². The summed E-state index contributed by atoms with van der Waals surface area (Å²) >= 11 is 1.72. The molecular formula is C16H17N3OS. The number of benzene rings is 2. The third-order valence-corrected chi connectivity index (χ3v) is 4.63. The third kappa shape index (κ3) is 2.62. The molecule has 3 rings (SSSR count). The van der Waals surface area contributed by atoms with Crippen molar-refractivity contribution in [2.45, 2.75) is 16.2 Å². The van der Waals surface area contributed by atoms with Crippen LogP contribution in [0.25, 0.3) is 0 Å². The summed E-state index contributed by atoms with van der Waals surface area (Å²) in [6.07, 6.45) is 0.888. The van der Waals surface area contributed by atoms with Gasteiger partial charge in [0.25, 0.3) is 0 Å². The lowest BCUT2D eigenvalue weighted by Gasteiger charge is -2.33. The lowest BCUT2D eigenvalue weighted by Crippen LogP contribution is -2.24. The van der Waals surface area contributed by atoms with Crippen LogP contribution in [-0.4, -0.2) is 19.0 Å². The lowest BCUT2D eigenvalue weighted by molar-refractivity contribution is 0.100. The standard InChI is InChI=1S/C16H17N3OS/c17-8-3-9-19-12-4-1-2-5-14(12)21-15-7-6-11(16(18)20)10-13(15)19/h1-2,4-7,10H,3,8-9,17H2,(H2,18,20). The van der Waals surface area contributed by atoms with E-state index in [1.165, 1.54) is 4.90 Å². The minimum absolute atomic E-state index is 0.402. The van der Waals surface area contributed by atoms with Crippen LogP contribution in [0.15, 0.2) is 52.3 Å². The Kier molecular flexibility index (Phi) is 3.86. The van der Waals surface area contributed by atoms with E-state index < -0.39 is 5.91 Å². The zero-order valence-electron chi connectivity index (χ0n) is 11.6. The highest BCUT2D eigenvalue weighted by molar-refractivity contribution is 7.99. The fourth-order valence-electron chi connectivity index (χ4n) is 2.47. The van der Waals surface area contributed by atoms with E-state index in [0.717, 1.165) is 29.2 Å². The van der Waals surface area contributed by atoms with Gasteiger partial charge in [0.15, 0.2) is 0 Å². The number of carbonyl (C=O) groups is 1. The second-order valence-electron chi connectivity index (χ2n) is 4.91. The highest BCUT2D eigenvalue weighted by Gasteiger charge is 2.23. The molecule has 1 heterocycles. The summed E-state index contributed by atoms with van der Waals surface area (Å²) < 4.78 is 0. The minimum Gasteiger partial charge on any atom is -0.366 e. The number of rotatable bonds is 4. The van der Waals surface area contributed by atoms with Gasteiger partial charge in [-0.05, 0) is 43.3 Å². The summed E-state index contributed by atoms with van der Waals surface area (Å²) in [4.78, 5) is 16.0. The van der Waals surface area contributed by atoms with Crippen molar-refractivity contribution in [3.05, 3.63) is 48.0 Å². The SMILES string of the molecule is NCCCN1c2ccccc2Sc2ccc(C(N)=O)cc21. The lowest BCUT2D eigenvalue weighted by atomic mass is 10.1. The summed E-state index contributed by atoms with van der Waals surface area (Å²) in [5.74, 6) is -0.402. The molecule has 108 valence electrons. The second-order valence-corrected chi connectivity index (χ2v) is 5.99. The number of anilines is 2. The Bertz CT molecular complexity index is 687. The van der Waals surface area contributed by atoms with Crippen LogP contribution in [-0.2, 0) is 0 Å². The van der Waals surface area contributed by atoms with Gasteiger partial charge in [0, 0.05) is 21.9 Å². The molecule has 4 nitrogen and oxygen atoms in total. The van der Waals surface area contributed by atoms with Gasteiger partial charge in [-0.15, -0.1) is 0 Å². The normalized spacial score (nSPS) is 12.7. The van der Waals surface area contributed by atoms with Crippen molar-refractivity contribution >= 4 is 29.0 Å². The van der Waals surface area contributed by atoms with Gasteiger partial charge in [0.2, 0.25) is 5.91 Å². The minimum atomic E-state index is -0.402. The molecule has 0 radical (unpaired) electrons. The smallest absolute Gasteiger partial charge is 0.248 e. The molecule has 1 aliphatic rings. The number of nitrogens with two attached hydrogens (primary N) is 2. The maximum Gasteiger partial charge on any atom is 0.248 e. The zero-order chi connectivity index (χ0) is 14.8. The van der Waals surface area contributed by atoms with E-state index in [1.807, 2.05) is 24.3 Å². The van der Waals surface area contributed by atoms with Crippen molar-refractivity contribution < 1.29 is 4.79 Å². The van der Waals surface area contributed by atoms with Crippen LogP contribution in [0, 0.1) is 0 Å². The Labute approximate surface area is 128 Å². The average molecular weight is 299 g/mol. The van der Waals surface area contributed by atoms with E-state index in [4.69, 9.17) is 11.5 Å². The largest absolute Gasteiger partial charge is 0.366 e. The predicted octanol–water partition coefficient (Wildman–Crippen LogP) is 2.74. The number of para-hydroxylation sites is 1. The van der Waals surface area contributed by atoms with Crippen molar-refractivity contribution in [2.75, 3.05) is 18.0 Å². The Balaban J connectivity index is 2.09. The molecule has 0 atom stereocenters. The Morgan fingerprint density at radius 2 is 1.86 bits per heavy atom.